The zero-order valence-electron chi connectivity index (χ0n) is 11.8. The van der Waals surface area contributed by atoms with Gasteiger partial charge in [0.2, 0.25) is 5.91 Å². The first-order chi connectivity index (χ1) is 8.97. The van der Waals surface area contributed by atoms with Crippen molar-refractivity contribution < 1.29 is 14.7 Å². The zero-order valence-corrected chi connectivity index (χ0v) is 11.8. The van der Waals surface area contributed by atoms with E-state index < -0.39 is 11.4 Å². The van der Waals surface area contributed by atoms with Crippen molar-refractivity contribution in [3.63, 3.8) is 0 Å². The van der Waals surface area contributed by atoms with Crippen molar-refractivity contribution in [2.75, 3.05) is 26.2 Å². The molecule has 0 aromatic rings. The van der Waals surface area contributed by atoms with Crippen molar-refractivity contribution in [2.45, 2.75) is 33.1 Å². The van der Waals surface area contributed by atoms with Gasteiger partial charge in [-0.3, -0.25) is 9.59 Å². The van der Waals surface area contributed by atoms with Gasteiger partial charge in [-0.05, 0) is 31.7 Å². The van der Waals surface area contributed by atoms with Crippen molar-refractivity contribution in [3.05, 3.63) is 0 Å². The molecule has 2 heterocycles. The number of carbonyl (C=O) groups is 2. The number of rotatable bonds is 3. The van der Waals surface area contributed by atoms with E-state index in [9.17, 15) is 14.7 Å². The number of nitrogens with one attached hydrogen (secondary N) is 1. The maximum absolute atomic E-state index is 12.4. The van der Waals surface area contributed by atoms with E-state index >= 15 is 0 Å². The van der Waals surface area contributed by atoms with Crippen LogP contribution in [0.15, 0.2) is 0 Å². The molecule has 0 aromatic carbocycles. The molecule has 0 saturated carbocycles. The number of hydrogen-bond acceptors (Lipinski definition) is 3. The Morgan fingerprint density at radius 2 is 2.16 bits per heavy atom. The van der Waals surface area contributed by atoms with Crippen molar-refractivity contribution in [2.24, 2.45) is 17.3 Å². The molecule has 0 aromatic heterocycles. The van der Waals surface area contributed by atoms with Gasteiger partial charge in [-0.25, -0.2) is 0 Å². The summed E-state index contributed by atoms with van der Waals surface area (Å²) in [6.45, 7) is 6.54. The van der Waals surface area contributed by atoms with E-state index in [-0.39, 0.29) is 17.7 Å². The smallest absolute Gasteiger partial charge is 0.311 e. The molecule has 5 heteroatoms. The van der Waals surface area contributed by atoms with Crippen LogP contribution in [0.5, 0.6) is 0 Å². The molecule has 2 unspecified atom stereocenters. The van der Waals surface area contributed by atoms with E-state index in [1.165, 1.54) is 0 Å². The van der Waals surface area contributed by atoms with Gasteiger partial charge in [0, 0.05) is 19.6 Å². The third-order valence-corrected chi connectivity index (χ3v) is 4.79. The lowest BCUT2D eigenvalue weighted by atomic mass is 9.76. The van der Waals surface area contributed by atoms with Gasteiger partial charge in [-0.15, -0.1) is 0 Å². The van der Waals surface area contributed by atoms with Gasteiger partial charge in [-0.1, -0.05) is 13.8 Å². The number of aliphatic carboxylic acids is 1. The summed E-state index contributed by atoms with van der Waals surface area (Å²) in [4.78, 5) is 25.8. The molecule has 2 N–H and O–H groups in total. The molecule has 0 aliphatic carbocycles. The summed E-state index contributed by atoms with van der Waals surface area (Å²) in [5.41, 5.74) is -0.752. The summed E-state index contributed by atoms with van der Waals surface area (Å²) in [6.07, 6.45) is 2.52. The Balaban J connectivity index is 2.04. The number of piperidine rings is 1. The summed E-state index contributed by atoms with van der Waals surface area (Å²) in [5, 5.41) is 12.7. The second-order valence-corrected chi connectivity index (χ2v) is 6.17. The van der Waals surface area contributed by atoms with Gasteiger partial charge in [0.25, 0.3) is 0 Å². The molecular formula is C14H24N2O3. The molecule has 0 radical (unpaired) electrons. The lowest BCUT2D eigenvalue weighted by Crippen LogP contribution is -2.45. The topological polar surface area (TPSA) is 69.6 Å². The van der Waals surface area contributed by atoms with E-state index in [0.29, 0.717) is 19.5 Å². The fraction of sp³-hybridized carbons (Fsp3) is 0.857. The minimum absolute atomic E-state index is 0.0329. The maximum Gasteiger partial charge on any atom is 0.311 e. The van der Waals surface area contributed by atoms with Crippen LogP contribution in [0, 0.1) is 17.3 Å². The summed E-state index contributed by atoms with van der Waals surface area (Å²) >= 11 is 0. The molecule has 2 aliphatic heterocycles. The fourth-order valence-corrected chi connectivity index (χ4v) is 3.23. The normalized spacial score (nSPS) is 31.7. The lowest BCUT2D eigenvalue weighted by molar-refractivity contribution is -0.151. The summed E-state index contributed by atoms with van der Waals surface area (Å²) in [7, 11) is 0. The predicted molar refractivity (Wildman–Crippen MR) is 71.7 cm³/mol. The van der Waals surface area contributed by atoms with Crippen molar-refractivity contribution in [1.29, 1.82) is 0 Å². The average Bonchev–Trinajstić information content (AvgIpc) is 2.85. The van der Waals surface area contributed by atoms with Gasteiger partial charge in [0.05, 0.1) is 11.3 Å². The van der Waals surface area contributed by atoms with E-state index in [2.05, 4.69) is 5.32 Å². The summed E-state index contributed by atoms with van der Waals surface area (Å²) < 4.78 is 0. The predicted octanol–water partition coefficient (Wildman–Crippen LogP) is 0.945. The van der Waals surface area contributed by atoms with Crippen LogP contribution in [0.4, 0.5) is 0 Å². The first-order valence-corrected chi connectivity index (χ1v) is 7.20. The standard InChI is InChI=1S/C14H24N2O3/c1-10(2)14(13(18)19)5-7-16(9-14)12(17)11-4-3-6-15-8-11/h10-11,15H,3-9H2,1-2H3,(H,18,19). The molecule has 1 amide bonds. The SMILES string of the molecule is CC(C)C1(C(=O)O)CCN(C(=O)C2CCCNC2)C1. The van der Waals surface area contributed by atoms with E-state index in [4.69, 9.17) is 0 Å². The highest BCUT2D eigenvalue weighted by molar-refractivity contribution is 5.82. The van der Waals surface area contributed by atoms with Crippen LogP contribution in [0.3, 0.4) is 0 Å². The van der Waals surface area contributed by atoms with Crippen LogP contribution < -0.4 is 5.32 Å². The number of carbonyl (C=O) groups excluding carboxylic acids is 1. The Bertz CT molecular complexity index is 364. The molecule has 108 valence electrons. The Hall–Kier alpha value is -1.10. The highest BCUT2D eigenvalue weighted by Crippen LogP contribution is 2.38. The van der Waals surface area contributed by atoms with Crippen LogP contribution in [-0.2, 0) is 9.59 Å². The van der Waals surface area contributed by atoms with Gasteiger partial charge >= 0.3 is 5.97 Å². The lowest BCUT2D eigenvalue weighted by Gasteiger charge is -2.30. The van der Waals surface area contributed by atoms with Crippen LogP contribution in [-0.4, -0.2) is 48.1 Å². The average molecular weight is 268 g/mol. The van der Waals surface area contributed by atoms with E-state index in [0.717, 1.165) is 25.9 Å². The fourth-order valence-electron chi connectivity index (χ4n) is 3.23. The quantitative estimate of drug-likeness (QED) is 0.799. The molecule has 2 atom stereocenters. The van der Waals surface area contributed by atoms with Crippen LogP contribution in [0.1, 0.15) is 33.1 Å². The molecule has 2 saturated heterocycles. The van der Waals surface area contributed by atoms with Crippen LogP contribution in [0.25, 0.3) is 0 Å². The number of nitrogens with zero attached hydrogens (tertiary/aromatic N) is 1. The molecule has 5 nitrogen and oxygen atoms in total. The Morgan fingerprint density at radius 1 is 1.42 bits per heavy atom. The molecule has 19 heavy (non-hydrogen) atoms. The first-order valence-electron chi connectivity index (χ1n) is 7.20. The van der Waals surface area contributed by atoms with E-state index in [1.807, 2.05) is 13.8 Å². The first kappa shape index (κ1) is 14.3. The molecule has 2 fully saturated rings. The molecule has 0 bridgehead atoms. The minimum atomic E-state index is -0.764. The summed E-state index contributed by atoms with van der Waals surface area (Å²) in [5.74, 6) is -0.548. The third kappa shape index (κ3) is 2.61. The number of carboxylic acids is 1. The number of amides is 1. The largest absolute Gasteiger partial charge is 0.481 e. The van der Waals surface area contributed by atoms with Gasteiger partial charge < -0.3 is 15.3 Å². The van der Waals surface area contributed by atoms with Crippen LogP contribution in [0.2, 0.25) is 0 Å². The monoisotopic (exact) mass is 268 g/mol. The Labute approximate surface area is 114 Å². The van der Waals surface area contributed by atoms with Crippen molar-refractivity contribution in [3.8, 4) is 0 Å². The second kappa shape index (κ2) is 5.49. The molecule has 2 aliphatic rings. The summed E-state index contributed by atoms with van der Waals surface area (Å²) in [6, 6.07) is 0. The number of hydrogen-bond donors (Lipinski definition) is 2. The maximum atomic E-state index is 12.4. The van der Waals surface area contributed by atoms with Gasteiger partial charge in [0.1, 0.15) is 0 Å². The van der Waals surface area contributed by atoms with Gasteiger partial charge in [-0.2, -0.15) is 0 Å². The number of likely N-dealkylation sites (tertiary alicyclic amines) is 1. The highest BCUT2D eigenvalue weighted by atomic mass is 16.4. The minimum Gasteiger partial charge on any atom is -0.481 e. The molecular weight excluding hydrogens is 244 g/mol. The Kier molecular flexibility index (Phi) is 4.13. The third-order valence-electron chi connectivity index (χ3n) is 4.79. The highest BCUT2D eigenvalue weighted by Gasteiger charge is 2.49. The second-order valence-electron chi connectivity index (χ2n) is 6.17. The Morgan fingerprint density at radius 3 is 2.63 bits per heavy atom. The van der Waals surface area contributed by atoms with Crippen molar-refractivity contribution in [1.82, 2.24) is 10.2 Å². The number of carboxylic acid groups (broad SMARTS) is 1. The zero-order chi connectivity index (χ0) is 14.0. The van der Waals surface area contributed by atoms with Crippen molar-refractivity contribution >= 4 is 11.9 Å². The van der Waals surface area contributed by atoms with Gasteiger partial charge in [0.15, 0.2) is 0 Å². The molecule has 2 rings (SSSR count). The van der Waals surface area contributed by atoms with Crippen LogP contribution >= 0.6 is 0 Å². The van der Waals surface area contributed by atoms with E-state index in [1.54, 1.807) is 4.90 Å². The molecule has 0 spiro atoms.